The van der Waals surface area contributed by atoms with Crippen LogP contribution in [0.1, 0.15) is 28.8 Å². The highest BCUT2D eigenvalue weighted by Crippen LogP contribution is 2.21. The molecule has 0 saturated heterocycles. The maximum absolute atomic E-state index is 12.7. The Morgan fingerprint density at radius 1 is 0.750 bits per heavy atom. The summed E-state index contributed by atoms with van der Waals surface area (Å²) in [5.41, 5.74) is 1.55. The lowest BCUT2D eigenvalue weighted by Crippen LogP contribution is -2.15. The summed E-state index contributed by atoms with van der Waals surface area (Å²) in [6.45, 7) is 5.71. The number of sulfonamides is 2. The van der Waals surface area contributed by atoms with Crippen LogP contribution in [-0.2, 0) is 20.0 Å². The number of anilines is 3. The number of carbonyl (C=O) groups excluding carboxylic acids is 1. The highest BCUT2D eigenvalue weighted by atomic mass is 32.2. The number of carbonyl (C=O) groups is 1. The molecular weight excluding hydrogens is 554 g/mol. The fraction of sp³-hybridized carbons (Fsp3) is 0.148. The first-order chi connectivity index (χ1) is 18.9. The van der Waals surface area contributed by atoms with E-state index in [0.717, 1.165) is 0 Å². The first-order valence-electron chi connectivity index (χ1n) is 12.1. The van der Waals surface area contributed by atoms with Gasteiger partial charge in [0.2, 0.25) is 0 Å². The number of benzene rings is 3. The largest absolute Gasteiger partial charge is 0.494 e. The number of aromatic nitrogens is 2. The molecule has 0 aliphatic heterocycles. The molecular formula is C27H27N5O6S2. The monoisotopic (exact) mass is 581 g/mol. The lowest BCUT2D eigenvalue weighted by atomic mass is 10.2. The lowest BCUT2D eigenvalue weighted by Gasteiger charge is -2.11. The van der Waals surface area contributed by atoms with Crippen LogP contribution in [0.2, 0.25) is 0 Å². The number of nitrogens with zero attached hydrogens (tertiary/aromatic N) is 2. The van der Waals surface area contributed by atoms with Gasteiger partial charge in [-0.3, -0.25) is 14.2 Å². The topological polar surface area (TPSA) is 156 Å². The van der Waals surface area contributed by atoms with Crippen molar-refractivity contribution in [1.29, 1.82) is 0 Å². The van der Waals surface area contributed by atoms with Crippen LogP contribution in [0.15, 0.2) is 88.7 Å². The van der Waals surface area contributed by atoms with E-state index in [1.807, 2.05) is 6.92 Å². The predicted molar refractivity (Wildman–Crippen MR) is 152 cm³/mol. The van der Waals surface area contributed by atoms with Crippen molar-refractivity contribution in [2.45, 2.75) is 30.6 Å². The zero-order chi connectivity index (χ0) is 28.9. The van der Waals surface area contributed by atoms with Crippen molar-refractivity contribution in [3.63, 3.8) is 0 Å². The SMILES string of the molecule is CCOc1ccc(S(=O)(=O)Nc2ccc(C(=O)Nc3ccc(S(=O)(=O)Nc4cc(C)nc(C)n4)cc3)cc2)cc1. The highest BCUT2D eigenvalue weighted by Gasteiger charge is 2.17. The molecule has 4 aromatic rings. The molecule has 0 bridgehead atoms. The van der Waals surface area contributed by atoms with Crippen molar-refractivity contribution in [2.75, 3.05) is 21.4 Å². The molecule has 1 aromatic heterocycles. The average molecular weight is 582 g/mol. The van der Waals surface area contributed by atoms with Gasteiger partial charge in [-0.2, -0.15) is 0 Å². The Morgan fingerprint density at radius 3 is 1.88 bits per heavy atom. The van der Waals surface area contributed by atoms with Crippen LogP contribution in [0.5, 0.6) is 5.75 Å². The molecule has 11 nitrogen and oxygen atoms in total. The number of aryl methyl sites for hydroxylation is 2. The molecule has 4 rings (SSSR count). The summed E-state index contributed by atoms with van der Waals surface area (Å²) < 4.78 is 61.0. The van der Waals surface area contributed by atoms with Crippen molar-refractivity contribution >= 4 is 43.1 Å². The number of nitrogens with one attached hydrogen (secondary N) is 3. The summed E-state index contributed by atoms with van der Waals surface area (Å²) in [7, 11) is -7.74. The van der Waals surface area contributed by atoms with Gasteiger partial charge in [0.25, 0.3) is 26.0 Å². The van der Waals surface area contributed by atoms with Gasteiger partial charge in [0.15, 0.2) is 0 Å². The van der Waals surface area contributed by atoms with Gasteiger partial charge in [-0.25, -0.2) is 26.8 Å². The second kappa shape index (κ2) is 11.7. The minimum atomic E-state index is -3.90. The fourth-order valence-corrected chi connectivity index (χ4v) is 5.72. The number of hydrogen-bond donors (Lipinski definition) is 3. The summed E-state index contributed by atoms with van der Waals surface area (Å²) >= 11 is 0. The van der Waals surface area contributed by atoms with Crippen LogP contribution < -0.4 is 19.5 Å². The Hall–Kier alpha value is -4.49. The van der Waals surface area contributed by atoms with Gasteiger partial charge in [-0.15, -0.1) is 0 Å². The number of hydrogen-bond acceptors (Lipinski definition) is 8. The van der Waals surface area contributed by atoms with Crippen molar-refractivity contribution < 1.29 is 26.4 Å². The van der Waals surface area contributed by atoms with Gasteiger partial charge < -0.3 is 10.1 Å². The van der Waals surface area contributed by atoms with E-state index in [9.17, 15) is 21.6 Å². The molecule has 0 saturated carbocycles. The van der Waals surface area contributed by atoms with Gasteiger partial charge in [0.1, 0.15) is 17.4 Å². The average Bonchev–Trinajstić information content (AvgIpc) is 2.89. The maximum atomic E-state index is 12.7. The van der Waals surface area contributed by atoms with Crippen LogP contribution in [0.25, 0.3) is 0 Å². The normalized spacial score (nSPS) is 11.5. The molecule has 0 atom stereocenters. The van der Waals surface area contributed by atoms with Crippen molar-refractivity contribution in [3.8, 4) is 5.75 Å². The van der Waals surface area contributed by atoms with Crippen LogP contribution in [-0.4, -0.2) is 39.3 Å². The summed E-state index contributed by atoms with van der Waals surface area (Å²) in [4.78, 5) is 21.0. The molecule has 0 radical (unpaired) electrons. The van der Waals surface area contributed by atoms with E-state index in [2.05, 4.69) is 24.7 Å². The molecule has 208 valence electrons. The third-order valence-electron chi connectivity index (χ3n) is 5.47. The first kappa shape index (κ1) is 28.5. The molecule has 3 aromatic carbocycles. The van der Waals surface area contributed by atoms with E-state index < -0.39 is 26.0 Å². The quantitative estimate of drug-likeness (QED) is 0.250. The van der Waals surface area contributed by atoms with E-state index in [-0.39, 0.29) is 26.9 Å². The first-order valence-corrected chi connectivity index (χ1v) is 15.0. The van der Waals surface area contributed by atoms with Gasteiger partial charge in [0.05, 0.1) is 16.4 Å². The minimum absolute atomic E-state index is 0.0106. The standard InChI is InChI=1S/C27H27N5O6S2/c1-4-38-23-11-15-25(16-12-23)39(34,35)31-22-7-5-20(6-8-22)27(33)30-21-9-13-24(14-10-21)40(36,37)32-26-17-18(2)28-19(3)29-26/h5-17,31H,4H2,1-3H3,(H,30,33)(H,28,29,32). The lowest BCUT2D eigenvalue weighted by molar-refractivity contribution is 0.102. The molecule has 0 spiro atoms. The van der Waals surface area contributed by atoms with Crippen molar-refractivity contribution in [2.24, 2.45) is 0 Å². The Labute approximate surface area is 232 Å². The molecule has 0 fully saturated rings. The molecule has 1 heterocycles. The van der Waals surface area contributed by atoms with E-state index in [0.29, 0.717) is 29.6 Å². The molecule has 13 heteroatoms. The van der Waals surface area contributed by atoms with Crippen LogP contribution in [0.3, 0.4) is 0 Å². The zero-order valence-corrected chi connectivity index (χ0v) is 23.5. The van der Waals surface area contributed by atoms with Crippen LogP contribution in [0.4, 0.5) is 17.2 Å². The third kappa shape index (κ3) is 7.12. The van der Waals surface area contributed by atoms with Crippen molar-refractivity contribution in [3.05, 3.63) is 95.9 Å². The van der Waals surface area contributed by atoms with E-state index in [4.69, 9.17) is 4.74 Å². The Bertz CT molecular complexity index is 1700. The van der Waals surface area contributed by atoms with E-state index in [1.165, 1.54) is 66.7 Å². The van der Waals surface area contributed by atoms with E-state index >= 15 is 0 Å². The zero-order valence-electron chi connectivity index (χ0n) is 21.9. The molecule has 0 aliphatic carbocycles. The Morgan fingerprint density at radius 2 is 1.30 bits per heavy atom. The smallest absolute Gasteiger partial charge is 0.263 e. The number of ether oxygens (including phenoxy) is 1. The Kier molecular flexibility index (Phi) is 8.35. The van der Waals surface area contributed by atoms with Gasteiger partial charge in [-0.05, 0) is 93.6 Å². The van der Waals surface area contributed by atoms with Gasteiger partial charge >= 0.3 is 0 Å². The number of amides is 1. The second-order valence-corrected chi connectivity index (χ2v) is 12.0. The maximum Gasteiger partial charge on any atom is 0.263 e. The third-order valence-corrected chi connectivity index (χ3v) is 8.24. The summed E-state index contributed by atoms with van der Waals surface area (Å²) in [6.07, 6.45) is 0. The summed E-state index contributed by atoms with van der Waals surface area (Å²) in [6, 6.07) is 19.1. The van der Waals surface area contributed by atoms with Crippen LogP contribution in [0, 0.1) is 13.8 Å². The fourth-order valence-electron chi connectivity index (χ4n) is 3.67. The van der Waals surface area contributed by atoms with Gasteiger partial charge in [-0.1, -0.05) is 0 Å². The molecule has 0 aliphatic rings. The summed E-state index contributed by atoms with van der Waals surface area (Å²) in [5.74, 6) is 0.708. The highest BCUT2D eigenvalue weighted by molar-refractivity contribution is 7.93. The molecule has 1 amide bonds. The molecule has 3 N–H and O–H groups in total. The predicted octanol–water partition coefficient (Wildman–Crippen LogP) is 4.35. The second-order valence-electron chi connectivity index (χ2n) is 8.61. The molecule has 40 heavy (non-hydrogen) atoms. The number of rotatable bonds is 10. The van der Waals surface area contributed by atoms with Gasteiger partial charge in [0, 0.05) is 28.7 Å². The molecule has 0 unspecified atom stereocenters. The Balaban J connectivity index is 1.38. The van der Waals surface area contributed by atoms with Crippen molar-refractivity contribution in [1.82, 2.24) is 9.97 Å². The van der Waals surface area contributed by atoms with Crippen LogP contribution >= 0.6 is 0 Å². The summed E-state index contributed by atoms with van der Waals surface area (Å²) in [5, 5.41) is 2.69. The van der Waals surface area contributed by atoms with E-state index in [1.54, 1.807) is 26.0 Å². The minimum Gasteiger partial charge on any atom is -0.494 e.